The van der Waals surface area contributed by atoms with Crippen LogP contribution in [-0.2, 0) is 0 Å². The van der Waals surface area contributed by atoms with Crippen LogP contribution in [0.1, 0.15) is 24.0 Å². The molecule has 1 heterocycles. The van der Waals surface area contributed by atoms with E-state index in [1.54, 1.807) is 7.11 Å². The third kappa shape index (κ3) is 2.91. The van der Waals surface area contributed by atoms with Crippen LogP contribution < -0.4 is 14.8 Å². The number of hydrogen-bond acceptors (Lipinski definition) is 3. The summed E-state index contributed by atoms with van der Waals surface area (Å²) in [5.41, 5.74) is 2.27. The van der Waals surface area contributed by atoms with Crippen LogP contribution in [0.3, 0.4) is 0 Å². The highest BCUT2D eigenvalue weighted by Gasteiger charge is 2.15. The van der Waals surface area contributed by atoms with E-state index < -0.39 is 0 Å². The number of hydrogen-bond donors (Lipinski definition) is 1. The average Bonchev–Trinajstić information content (AvgIpc) is 2.30. The Labute approximate surface area is 103 Å². The molecule has 2 rings (SSSR count). The predicted octanol–water partition coefficient (Wildman–Crippen LogP) is 2.44. The lowest BCUT2D eigenvalue weighted by Crippen LogP contribution is -2.34. The molecular weight excluding hydrogens is 214 g/mol. The van der Waals surface area contributed by atoms with E-state index in [1.807, 2.05) is 0 Å². The highest BCUT2D eigenvalue weighted by molar-refractivity contribution is 5.45. The molecule has 0 bridgehead atoms. The molecular formula is C14H21NO2. The minimum Gasteiger partial charge on any atom is -0.496 e. The highest BCUT2D eigenvalue weighted by Crippen LogP contribution is 2.29. The first-order chi connectivity index (χ1) is 8.20. The van der Waals surface area contributed by atoms with Gasteiger partial charge in [0.2, 0.25) is 0 Å². The number of aryl methyl sites for hydroxylation is 2. The molecule has 1 aromatic carbocycles. The Bertz CT molecular complexity index is 361. The molecule has 0 atom stereocenters. The quantitative estimate of drug-likeness (QED) is 0.873. The average molecular weight is 235 g/mol. The summed E-state index contributed by atoms with van der Waals surface area (Å²) in [6, 6.07) is 4.13. The van der Waals surface area contributed by atoms with Crippen molar-refractivity contribution < 1.29 is 9.47 Å². The van der Waals surface area contributed by atoms with Gasteiger partial charge in [-0.15, -0.1) is 0 Å². The maximum atomic E-state index is 6.02. The molecule has 1 aromatic rings. The zero-order valence-corrected chi connectivity index (χ0v) is 10.9. The monoisotopic (exact) mass is 235 g/mol. The number of methoxy groups -OCH3 is 1. The van der Waals surface area contributed by atoms with Crippen LogP contribution in [0.5, 0.6) is 11.5 Å². The maximum Gasteiger partial charge on any atom is 0.124 e. The number of nitrogens with one attached hydrogen (secondary N) is 1. The molecule has 17 heavy (non-hydrogen) atoms. The van der Waals surface area contributed by atoms with Crippen molar-refractivity contribution in [3.63, 3.8) is 0 Å². The van der Waals surface area contributed by atoms with Crippen LogP contribution in [-0.4, -0.2) is 26.3 Å². The molecule has 0 saturated carbocycles. The van der Waals surface area contributed by atoms with Crippen molar-refractivity contribution in [1.29, 1.82) is 0 Å². The van der Waals surface area contributed by atoms with E-state index in [-0.39, 0.29) is 0 Å². The van der Waals surface area contributed by atoms with Crippen molar-refractivity contribution in [2.45, 2.75) is 32.8 Å². The zero-order chi connectivity index (χ0) is 12.3. The summed E-state index contributed by atoms with van der Waals surface area (Å²) in [6.07, 6.45) is 2.53. The largest absolute Gasteiger partial charge is 0.496 e. The Kier molecular flexibility index (Phi) is 3.89. The summed E-state index contributed by atoms with van der Waals surface area (Å²) >= 11 is 0. The van der Waals surface area contributed by atoms with Gasteiger partial charge in [0.1, 0.15) is 17.6 Å². The summed E-state index contributed by atoms with van der Waals surface area (Å²) < 4.78 is 11.4. The molecule has 0 radical (unpaired) electrons. The summed E-state index contributed by atoms with van der Waals surface area (Å²) in [6.45, 7) is 6.22. The number of benzene rings is 1. The van der Waals surface area contributed by atoms with Crippen LogP contribution in [0.25, 0.3) is 0 Å². The fraction of sp³-hybridized carbons (Fsp3) is 0.571. The van der Waals surface area contributed by atoms with Crippen LogP contribution in [0.15, 0.2) is 12.1 Å². The van der Waals surface area contributed by atoms with Gasteiger partial charge in [0.25, 0.3) is 0 Å². The molecule has 94 valence electrons. The molecule has 3 heteroatoms. The molecule has 1 fully saturated rings. The highest BCUT2D eigenvalue weighted by atomic mass is 16.5. The predicted molar refractivity (Wildman–Crippen MR) is 69.0 cm³/mol. The Balaban J connectivity index is 2.10. The number of ether oxygens (including phenoxy) is 2. The second kappa shape index (κ2) is 5.41. The fourth-order valence-corrected chi connectivity index (χ4v) is 2.41. The minimum absolute atomic E-state index is 0.350. The Hall–Kier alpha value is -1.22. The molecule has 1 N–H and O–H groups in total. The normalized spacial score (nSPS) is 16.9. The molecule has 0 aliphatic carbocycles. The molecule has 1 aliphatic heterocycles. The Morgan fingerprint density at radius 3 is 2.24 bits per heavy atom. The first-order valence-corrected chi connectivity index (χ1v) is 6.23. The van der Waals surface area contributed by atoms with Crippen molar-refractivity contribution in [2.75, 3.05) is 20.2 Å². The first-order valence-electron chi connectivity index (χ1n) is 6.23. The third-order valence-corrected chi connectivity index (χ3v) is 3.23. The summed E-state index contributed by atoms with van der Waals surface area (Å²) in [5, 5.41) is 3.34. The van der Waals surface area contributed by atoms with Gasteiger partial charge >= 0.3 is 0 Å². The first kappa shape index (κ1) is 12.2. The molecule has 1 saturated heterocycles. The van der Waals surface area contributed by atoms with Gasteiger partial charge in [-0.2, -0.15) is 0 Å². The summed E-state index contributed by atoms with van der Waals surface area (Å²) in [7, 11) is 1.71. The lowest BCUT2D eigenvalue weighted by atomic mass is 10.1. The zero-order valence-electron chi connectivity index (χ0n) is 10.9. The minimum atomic E-state index is 0.350. The lowest BCUT2D eigenvalue weighted by molar-refractivity contribution is 0.162. The van der Waals surface area contributed by atoms with Gasteiger partial charge in [-0.1, -0.05) is 0 Å². The van der Waals surface area contributed by atoms with E-state index in [1.165, 1.54) is 0 Å². The van der Waals surface area contributed by atoms with Crippen molar-refractivity contribution in [3.8, 4) is 11.5 Å². The van der Waals surface area contributed by atoms with Crippen molar-refractivity contribution in [3.05, 3.63) is 23.3 Å². The van der Waals surface area contributed by atoms with Gasteiger partial charge in [0, 0.05) is 0 Å². The summed E-state index contributed by atoms with van der Waals surface area (Å²) in [4.78, 5) is 0. The van der Waals surface area contributed by atoms with Crippen molar-refractivity contribution >= 4 is 0 Å². The van der Waals surface area contributed by atoms with Gasteiger partial charge in [0.05, 0.1) is 7.11 Å². The molecule has 0 unspecified atom stereocenters. The molecule has 0 spiro atoms. The summed E-state index contributed by atoms with van der Waals surface area (Å²) in [5.74, 6) is 1.93. The van der Waals surface area contributed by atoms with E-state index in [4.69, 9.17) is 9.47 Å². The van der Waals surface area contributed by atoms with E-state index in [9.17, 15) is 0 Å². The van der Waals surface area contributed by atoms with E-state index in [0.29, 0.717) is 6.10 Å². The number of rotatable bonds is 3. The van der Waals surface area contributed by atoms with Crippen molar-refractivity contribution in [2.24, 2.45) is 0 Å². The van der Waals surface area contributed by atoms with Crippen LogP contribution in [0, 0.1) is 13.8 Å². The van der Waals surface area contributed by atoms with Gasteiger partial charge in [-0.3, -0.25) is 0 Å². The molecule has 0 amide bonds. The van der Waals surface area contributed by atoms with Crippen LogP contribution in [0.2, 0.25) is 0 Å². The van der Waals surface area contributed by atoms with E-state index >= 15 is 0 Å². The van der Waals surface area contributed by atoms with E-state index in [0.717, 1.165) is 48.6 Å². The van der Waals surface area contributed by atoms with Gasteiger partial charge in [-0.25, -0.2) is 0 Å². The molecule has 0 aromatic heterocycles. The van der Waals surface area contributed by atoms with Crippen molar-refractivity contribution in [1.82, 2.24) is 5.32 Å². The van der Waals surface area contributed by atoms with E-state index in [2.05, 4.69) is 31.3 Å². The molecule has 1 aliphatic rings. The SMILES string of the molecule is COc1c(C)cc(OC2CCNCC2)cc1C. The molecule has 3 nitrogen and oxygen atoms in total. The Morgan fingerprint density at radius 1 is 1.12 bits per heavy atom. The van der Waals surface area contributed by atoms with Crippen LogP contribution >= 0.6 is 0 Å². The Morgan fingerprint density at radius 2 is 1.71 bits per heavy atom. The fourth-order valence-electron chi connectivity index (χ4n) is 2.41. The van der Waals surface area contributed by atoms with Crippen LogP contribution in [0.4, 0.5) is 0 Å². The maximum absolute atomic E-state index is 6.02. The number of piperidine rings is 1. The topological polar surface area (TPSA) is 30.5 Å². The van der Waals surface area contributed by atoms with Gasteiger partial charge < -0.3 is 14.8 Å². The standard InChI is InChI=1S/C14H21NO2/c1-10-8-13(9-11(2)14(10)16-3)17-12-4-6-15-7-5-12/h8-9,12,15H,4-7H2,1-3H3. The lowest BCUT2D eigenvalue weighted by Gasteiger charge is -2.24. The second-order valence-electron chi connectivity index (χ2n) is 4.66. The third-order valence-electron chi connectivity index (χ3n) is 3.23. The second-order valence-corrected chi connectivity index (χ2v) is 4.66. The smallest absolute Gasteiger partial charge is 0.124 e. The van der Waals surface area contributed by atoms with Gasteiger partial charge in [-0.05, 0) is 63.0 Å². The van der Waals surface area contributed by atoms with Gasteiger partial charge in [0.15, 0.2) is 0 Å².